The van der Waals surface area contributed by atoms with E-state index in [-0.39, 0.29) is 23.3 Å². The van der Waals surface area contributed by atoms with Crippen molar-refractivity contribution in [1.29, 1.82) is 0 Å². The standard InChI is InChI=1S/C20H26N6O3/c1-11(2)10-29-17-7-15(24-26(12(3)4)19(17)27)14-9-25(5)16-8-22-18(6-13(14)16)23-20(21)28/h6-9,11-12H,10H2,1-5H3,(H3,21,22,23,28). The van der Waals surface area contributed by atoms with Crippen LogP contribution in [0.1, 0.15) is 33.7 Å². The molecule has 0 radical (unpaired) electrons. The van der Waals surface area contributed by atoms with Crippen LogP contribution in [0.3, 0.4) is 0 Å². The van der Waals surface area contributed by atoms with Crippen molar-refractivity contribution in [2.24, 2.45) is 18.7 Å². The van der Waals surface area contributed by atoms with Gasteiger partial charge in [-0.25, -0.2) is 14.5 Å². The Morgan fingerprint density at radius 1 is 1.28 bits per heavy atom. The first-order valence-corrected chi connectivity index (χ1v) is 9.46. The fourth-order valence-electron chi connectivity index (χ4n) is 3.01. The molecule has 3 aromatic heterocycles. The van der Waals surface area contributed by atoms with E-state index in [1.807, 2.05) is 45.5 Å². The van der Waals surface area contributed by atoms with E-state index >= 15 is 0 Å². The molecule has 0 spiro atoms. The Balaban J connectivity index is 2.19. The van der Waals surface area contributed by atoms with Crippen molar-refractivity contribution in [3.05, 3.63) is 34.9 Å². The molecule has 29 heavy (non-hydrogen) atoms. The zero-order valence-electron chi connectivity index (χ0n) is 17.3. The number of anilines is 1. The molecule has 3 aromatic rings. The number of rotatable bonds is 6. The zero-order valence-corrected chi connectivity index (χ0v) is 17.3. The molecule has 154 valence electrons. The Bertz CT molecular complexity index is 1110. The number of amides is 2. The molecule has 3 N–H and O–H groups in total. The first-order chi connectivity index (χ1) is 13.7. The third-order valence-corrected chi connectivity index (χ3v) is 4.37. The van der Waals surface area contributed by atoms with Gasteiger partial charge in [-0.05, 0) is 25.8 Å². The molecular formula is C20H26N6O3. The lowest BCUT2D eigenvalue weighted by Gasteiger charge is -2.14. The Morgan fingerprint density at radius 2 is 2.00 bits per heavy atom. The number of ether oxygens (including phenoxy) is 1. The number of pyridine rings is 1. The van der Waals surface area contributed by atoms with Gasteiger partial charge in [0.15, 0.2) is 5.75 Å². The van der Waals surface area contributed by atoms with Crippen LogP contribution in [-0.2, 0) is 7.05 Å². The van der Waals surface area contributed by atoms with E-state index in [0.29, 0.717) is 18.1 Å². The molecule has 0 aliphatic heterocycles. The van der Waals surface area contributed by atoms with Gasteiger partial charge in [0.2, 0.25) is 0 Å². The highest BCUT2D eigenvalue weighted by atomic mass is 16.5. The second-order valence-corrected chi connectivity index (χ2v) is 7.67. The second-order valence-electron chi connectivity index (χ2n) is 7.67. The van der Waals surface area contributed by atoms with E-state index in [0.717, 1.165) is 16.5 Å². The van der Waals surface area contributed by atoms with Gasteiger partial charge >= 0.3 is 11.6 Å². The summed E-state index contributed by atoms with van der Waals surface area (Å²) >= 11 is 0. The number of aryl methyl sites for hydroxylation is 1. The largest absolute Gasteiger partial charge is 0.488 e. The van der Waals surface area contributed by atoms with Crippen molar-refractivity contribution in [3.8, 4) is 17.0 Å². The molecule has 3 rings (SSSR count). The maximum Gasteiger partial charge on any atom is 0.317 e. The van der Waals surface area contributed by atoms with Gasteiger partial charge in [0, 0.05) is 30.3 Å². The minimum Gasteiger partial charge on any atom is -0.488 e. The highest BCUT2D eigenvalue weighted by molar-refractivity contribution is 5.98. The van der Waals surface area contributed by atoms with Crippen molar-refractivity contribution in [1.82, 2.24) is 19.3 Å². The number of aromatic nitrogens is 4. The molecule has 0 unspecified atom stereocenters. The van der Waals surface area contributed by atoms with Gasteiger partial charge in [-0.15, -0.1) is 0 Å². The fraction of sp³-hybridized carbons (Fsp3) is 0.400. The molecule has 9 heteroatoms. The van der Waals surface area contributed by atoms with Crippen LogP contribution in [0.25, 0.3) is 22.2 Å². The monoisotopic (exact) mass is 398 g/mol. The molecule has 0 saturated carbocycles. The lowest BCUT2D eigenvalue weighted by Crippen LogP contribution is -2.27. The topological polar surface area (TPSA) is 117 Å². The Labute approximate surface area is 168 Å². The minimum absolute atomic E-state index is 0.132. The number of nitrogens with two attached hydrogens (primary N) is 1. The molecule has 2 amide bonds. The van der Waals surface area contributed by atoms with Crippen molar-refractivity contribution in [2.45, 2.75) is 33.7 Å². The van der Waals surface area contributed by atoms with Crippen LogP contribution in [0.15, 0.2) is 29.3 Å². The van der Waals surface area contributed by atoms with Crippen molar-refractivity contribution >= 4 is 22.8 Å². The van der Waals surface area contributed by atoms with Crippen LogP contribution >= 0.6 is 0 Å². The predicted molar refractivity (Wildman–Crippen MR) is 112 cm³/mol. The normalized spacial score (nSPS) is 11.4. The maximum atomic E-state index is 12.7. The highest BCUT2D eigenvalue weighted by Gasteiger charge is 2.18. The lowest BCUT2D eigenvalue weighted by atomic mass is 10.1. The fourth-order valence-corrected chi connectivity index (χ4v) is 3.01. The van der Waals surface area contributed by atoms with Gasteiger partial charge in [0.25, 0.3) is 0 Å². The molecule has 0 aliphatic carbocycles. The number of urea groups is 1. The molecule has 0 atom stereocenters. The molecule has 3 heterocycles. The molecule has 0 fully saturated rings. The second kappa shape index (κ2) is 7.94. The summed E-state index contributed by atoms with van der Waals surface area (Å²) in [4.78, 5) is 28.2. The Kier molecular flexibility index (Phi) is 5.58. The highest BCUT2D eigenvalue weighted by Crippen LogP contribution is 2.31. The first-order valence-electron chi connectivity index (χ1n) is 9.46. The Hall–Kier alpha value is -3.36. The summed E-state index contributed by atoms with van der Waals surface area (Å²) in [5.41, 5.74) is 7.19. The number of hydrogen-bond acceptors (Lipinski definition) is 5. The van der Waals surface area contributed by atoms with E-state index in [1.165, 1.54) is 4.68 Å². The first kappa shape index (κ1) is 20.4. The third-order valence-electron chi connectivity index (χ3n) is 4.37. The van der Waals surface area contributed by atoms with E-state index in [2.05, 4.69) is 15.4 Å². The van der Waals surface area contributed by atoms with Gasteiger partial charge in [0.05, 0.1) is 30.1 Å². The quantitative estimate of drug-likeness (QED) is 0.662. The van der Waals surface area contributed by atoms with E-state index in [9.17, 15) is 9.59 Å². The summed E-state index contributed by atoms with van der Waals surface area (Å²) in [6, 6.07) is 2.58. The predicted octanol–water partition coefficient (Wildman–Crippen LogP) is 2.90. The van der Waals surface area contributed by atoms with E-state index in [4.69, 9.17) is 10.5 Å². The summed E-state index contributed by atoms with van der Waals surface area (Å²) in [5.74, 6) is 0.884. The van der Waals surface area contributed by atoms with Crippen molar-refractivity contribution in [3.63, 3.8) is 0 Å². The van der Waals surface area contributed by atoms with Crippen LogP contribution < -0.4 is 21.3 Å². The molecule has 0 saturated heterocycles. The number of nitrogens with zero attached hydrogens (tertiary/aromatic N) is 4. The number of hydrogen-bond donors (Lipinski definition) is 2. The number of nitrogens with one attached hydrogen (secondary N) is 1. The average molecular weight is 398 g/mol. The number of fused-ring (bicyclic) bond motifs is 1. The summed E-state index contributed by atoms with van der Waals surface area (Å²) in [6.45, 7) is 8.27. The van der Waals surface area contributed by atoms with Gasteiger partial charge < -0.3 is 15.0 Å². The average Bonchev–Trinajstić information content (AvgIpc) is 2.96. The van der Waals surface area contributed by atoms with E-state index < -0.39 is 6.03 Å². The lowest BCUT2D eigenvalue weighted by molar-refractivity contribution is 0.259. The number of primary amides is 1. The van der Waals surface area contributed by atoms with Crippen LogP contribution in [-0.4, -0.2) is 32.0 Å². The van der Waals surface area contributed by atoms with Crippen LogP contribution in [0.2, 0.25) is 0 Å². The minimum atomic E-state index is -0.690. The molecule has 0 aliphatic rings. The molecule has 9 nitrogen and oxygen atoms in total. The van der Waals surface area contributed by atoms with Gasteiger partial charge in [-0.1, -0.05) is 13.8 Å². The number of carbonyl (C=O) groups excluding carboxylic acids is 1. The summed E-state index contributed by atoms with van der Waals surface area (Å²) < 4.78 is 9.11. The zero-order chi connectivity index (χ0) is 21.3. The van der Waals surface area contributed by atoms with Crippen LogP contribution in [0, 0.1) is 5.92 Å². The smallest absolute Gasteiger partial charge is 0.317 e. The van der Waals surface area contributed by atoms with Crippen LogP contribution in [0.4, 0.5) is 10.6 Å². The van der Waals surface area contributed by atoms with Gasteiger partial charge in [-0.2, -0.15) is 5.10 Å². The molecule has 0 aromatic carbocycles. The summed E-state index contributed by atoms with van der Waals surface area (Å²) in [6.07, 6.45) is 3.56. The van der Waals surface area contributed by atoms with Gasteiger partial charge in [0.1, 0.15) is 5.82 Å². The van der Waals surface area contributed by atoms with Gasteiger partial charge in [-0.3, -0.25) is 10.1 Å². The van der Waals surface area contributed by atoms with Crippen LogP contribution in [0.5, 0.6) is 5.75 Å². The van der Waals surface area contributed by atoms with Crippen molar-refractivity contribution in [2.75, 3.05) is 11.9 Å². The number of carbonyl (C=O) groups is 1. The van der Waals surface area contributed by atoms with E-state index in [1.54, 1.807) is 18.3 Å². The maximum absolute atomic E-state index is 12.7. The Morgan fingerprint density at radius 3 is 2.62 bits per heavy atom. The summed E-state index contributed by atoms with van der Waals surface area (Å²) in [7, 11) is 1.89. The molecule has 0 bridgehead atoms. The summed E-state index contributed by atoms with van der Waals surface area (Å²) in [5, 5.41) is 7.87. The van der Waals surface area contributed by atoms with Crippen molar-refractivity contribution < 1.29 is 9.53 Å². The molecular weight excluding hydrogens is 372 g/mol. The SMILES string of the molecule is CC(C)COc1cc(-c2cn(C)c3cnc(NC(N)=O)cc23)nn(C(C)C)c1=O. The third kappa shape index (κ3) is 4.23.